The van der Waals surface area contributed by atoms with Crippen LogP contribution in [0.2, 0.25) is 0 Å². The number of aromatic nitrogens is 5. The van der Waals surface area contributed by atoms with Crippen LogP contribution in [0.5, 0.6) is 0 Å². The van der Waals surface area contributed by atoms with E-state index in [2.05, 4.69) is 35.6 Å². The Bertz CT molecular complexity index is 2840. The molecule has 0 bridgehead atoms. The summed E-state index contributed by atoms with van der Waals surface area (Å²) in [7, 11) is 1.27. The number of fused-ring (bicyclic) bond motifs is 1. The van der Waals surface area contributed by atoms with Gasteiger partial charge in [-0.15, -0.1) is 0 Å². The molecule has 2 aliphatic rings. The number of imidazole rings is 2. The topological polar surface area (TPSA) is 198 Å². The molecule has 4 aromatic carbocycles. The number of pyridine rings is 1. The summed E-state index contributed by atoms with van der Waals surface area (Å²) in [5.74, 6) is 0.867. The number of H-pyrrole nitrogens is 3. The molecule has 4 amide bonds. The van der Waals surface area contributed by atoms with E-state index < -0.39 is 18.2 Å². The summed E-state index contributed by atoms with van der Waals surface area (Å²) < 4.78 is 4.82. The monoisotopic (exact) mass is 843 g/mol. The quantitative estimate of drug-likeness (QED) is 0.0820. The standard InChI is InChI=1S/C48H45N9O6/c1-63-48(62)55-43(32-12-6-3-7-13-32)47(61)57-23-9-15-40(57)44-49-26-37(53-44)30-18-16-29(17-19-30)36-25-41(59)34-24-33(20-21-35(34)52-36)38-27-50-45(54-38)39-14-8-22-56(39)46(60)42(51-28-58)31-10-4-2-5-11-31/h2-7,10-13,16-21,24-28,39-40,42-43H,8-9,14-15,22-23H2,1H3,(H,49,53)(H,50,54)(H,51,58)(H,52,59)(H,55,62)/t39-,40-,42+,43+/m0/s1. The van der Waals surface area contributed by atoms with Gasteiger partial charge < -0.3 is 40.1 Å². The first-order valence-electron chi connectivity index (χ1n) is 20.9. The van der Waals surface area contributed by atoms with Crippen LogP contribution >= 0.6 is 0 Å². The molecule has 4 atom stereocenters. The number of nitrogens with zero attached hydrogens (tertiary/aromatic N) is 4. The van der Waals surface area contributed by atoms with Crippen LogP contribution in [0.1, 0.15) is 72.6 Å². The molecule has 2 fully saturated rings. The lowest BCUT2D eigenvalue weighted by Crippen LogP contribution is -2.42. The third-order valence-corrected chi connectivity index (χ3v) is 12.0. The molecule has 0 unspecified atom stereocenters. The van der Waals surface area contributed by atoms with Crippen molar-refractivity contribution in [2.45, 2.75) is 49.9 Å². The van der Waals surface area contributed by atoms with Crippen molar-refractivity contribution in [3.8, 4) is 33.8 Å². The molecular weight excluding hydrogens is 799 g/mol. The van der Waals surface area contributed by atoms with E-state index in [0.29, 0.717) is 58.9 Å². The highest BCUT2D eigenvalue weighted by molar-refractivity contribution is 5.88. The minimum Gasteiger partial charge on any atom is -0.453 e. The third-order valence-electron chi connectivity index (χ3n) is 12.0. The van der Waals surface area contributed by atoms with Crippen molar-refractivity contribution in [2.24, 2.45) is 0 Å². The van der Waals surface area contributed by atoms with Crippen molar-refractivity contribution >= 4 is 35.2 Å². The number of ether oxygens (including phenoxy) is 1. The predicted molar refractivity (Wildman–Crippen MR) is 236 cm³/mol. The number of rotatable bonds is 12. The fourth-order valence-electron chi connectivity index (χ4n) is 8.80. The number of benzene rings is 4. The number of hydrogen-bond acceptors (Lipinski definition) is 8. The Kier molecular flexibility index (Phi) is 11.4. The van der Waals surface area contributed by atoms with Gasteiger partial charge in [0.05, 0.1) is 43.0 Å². The Balaban J connectivity index is 0.893. The number of hydrogen-bond donors (Lipinski definition) is 5. The maximum atomic E-state index is 13.9. The predicted octanol–water partition coefficient (Wildman–Crippen LogP) is 6.89. The second-order valence-electron chi connectivity index (χ2n) is 15.7. The Morgan fingerprint density at radius 3 is 1.78 bits per heavy atom. The average molecular weight is 844 g/mol. The second kappa shape index (κ2) is 17.7. The molecule has 15 nitrogen and oxygen atoms in total. The Labute approximate surface area is 361 Å². The van der Waals surface area contributed by atoms with Crippen LogP contribution in [0.15, 0.2) is 126 Å². The summed E-state index contributed by atoms with van der Waals surface area (Å²) >= 11 is 0. The second-order valence-corrected chi connectivity index (χ2v) is 15.7. The van der Waals surface area contributed by atoms with E-state index in [-0.39, 0.29) is 29.3 Å². The lowest BCUT2D eigenvalue weighted by Gasteiger charge is -2.28. The molecule has 318 valence electrons. The van der Waals surface area contributed by atoms with Gasteiger partial charge in [0.1, 0.15) is 23.7 Å². The van der Waals surface area contributed by atoms with E-state index in [1.165, 1.54) is 7.11 Å². The SMILES string of the molecule is COC(=O)N[C@@H](C(=O)N1CCC[C@H]1c1ncc(-c2ccc(-c3cc(=O)c4cc(-c5cnc([C@@H]6CCCN6C(=O)[C@H](NC=O)c6ccccc6)[nH]5)ccc4[nH]3)cc2)[nH]1)c1ccccc1. The summed E-state index contributed by atoms with van der Waals surface area (Å²) in [4.78, 5) is 88.1. The Morgan fingerprint density at radius 2 is 1.21 bits per heavy atom. The van der Waals surface area contributed by atoms with E-state index in [1.54, 1.807) is 40.4 Å². The van der Waals surface area contributed by atoms with Gasteiger partial charge in [-0.3, -0.25) is 19.2 Å². The first-order chi connectivity index (χ1) is 30.8. The molecular formula is C48H45N9O6. The third kappa shape index (κ3) is 8.20. The van der Waals surface area contributed by atoms with Crippen molar-refractivity contribution < 1.29 is 23.9 Å². The fraction of sp³-hybridized carbons (Fsp3) is 0.229. The van der Waals surface area contributed by atoms with Crippen molar-refractivity contribution in [3.05, 3.63) is 155 Å². The normalized spacial score (nSPS) is 17.0. The molecule has 2 saturated heterocycles. The highest BCUT2D eigenvalue weighted by Crippen LogP contribution is 2.36. The number of aromatic amines is 3. The zero-order valence-electron chi connectivity index (χ0n) is 34.4. The van der Waals surface area contributed by atoms with Gasteiger partial charge in [-0.2, -0.15) is 0 Å². The van der Waals surface area contributed by atoms with Gasteiger partial charge in [-0.1, -0.05) is 91.0 Å². The van der Waals surface area contributed by atoms with Gasteiger partial charge in [-0.25, -0.2) is 14.8 Å². The van der Waals surface area contributed by atoms with Gasteiger partial charge in [-0.05, 0) is 60.1 Å². The molecule has 63 heavy (non-hydrogen) atoms. The summed E-state index contributed by atoms with van der Waals surface area (Å²) in [5.41, 5.74) is 6.56. The van der Waals surface area contributed by atoms with Crippen LogP contribution in [0, 0.1) is 0 Å². The van der Waals surface area contributed by atoms with Crippen molar-refractivity contribution in [1.29, 1.82) is 0 Å². The minimum absolute atomic E-state index is 0.142. The Morgan fingerprint density at radius 1 is 0.683 bits per heavy atom. The molecule has 2 aliphatic heterocycles. The molecule has 5 N–H and O–H groups in total. The largest absolute Gasteiger partial charge is 0.453 e. The van der Waals surface area contributed by atoms with Crippen molar-refractivity contribution in [3.63, 3.8) is 0 Å². The van der Waals surface area contributed by atoms with E-state index in [0.717, 1.165) is 53.8 Å². The molecule has 7 aromatic rings. The van der Waals surface area contributed by atoms with Gasteiger partial charge in [0.15, 0.2) is 5.43 Å². The molecule has 0 aliphatic carbocycles. The van der Waals surface area contributed by atoms with Crippen LogP contribution in [-0.4, -0.2) is 79.2 Å². The van der Waals surface area contributed by atoms with Crippen LogP contribution in [0.25, 0.3) is 44.7 Å². The van der Waals surface area contributed by atoms with Gasteiger partial charge >= 0.3 is 6.09 Å². The van der Waals surface area contributed by atoms with Crippen molar-refractivity contribution in [2.75, 3.05) is 20.2 Å². The summed E-state index contributed by atoms with van der Waals surface area (Å²) in [5, 5.41) is 5.91. The molecule has 15 heteroatoms. The molecule has 5 heterocycles. The fourth-order valence-corrected chi connectivity index (χ4v) is 8.80. The summed E-state index contributed by atoms with van der Waals surface area (Å²) in [6.45, 7) is 1.07. The zero-order valence-corrected chi connectivity index (χ0v) is 34.4. The summed E-state index contributed by atoms with van der Waals surface area (Å²) in [6, 6.07) is 31.0. The highest BCUT2D eigenvalue weighted by atomic mass is 16.5. The zero-order chi connectivity index (χ0) is 43.5. The maximum absolute atomic E-state index is 13.9. The van der Waals surface area contributed by atoms with Crippen LogP contribution < -0.4 is 16.1 Å². The molecule has 0 saturated carbocycles. The smallest absolute Gasteiger partial charge is 0.407 e. The van der Waals surface area contributed by atoms with Crippen molar-refractivity contribution in [1.82, 2.24) is 45.4 Å². The molecule has 9 rings (SSSR count). The lowest BCUT2D eigenvalue weighted by atomic mass is 10.0. The number of carbonyl (C=O) groups excluding carboxylic acids is 4. The summed E-state index contributed by atoms with van der Waals surface area (Å²) in [6.07, 6.45) is 6.37. The van der Waals surface area contributed by atoms with Crippen LogP contribution in [-0.2, 0) is 19.1 Å². The van der Waals surface area contributed by atoms with Crippen LogP contribution in [0.4, 0.5) is 4.79 Å². The number of amides is 4. The van der Waals surface area contributed by atoms with E-state index >= 15 is 0 Å². The minimum atomic E-state index is -0.906. The van der Waals surface area contributed by atoms with Gasteiger partial charge in [0.2, 0.25) is 12.3 Å². The van der Waals surface area contributed by atoms with Crippen LogP contribution in [0.3, 0.4) is 0 Å². The molecule has 0 spiro atoms. The van der Waals surface area contributed by atoms with Gasteiger partial charge in [0.25, 0.3) is 5.91 Å². The first kappa shape index (κ1) is 40.6. The number of likely N-dealkylation sites (tertiary alicyclic amines) is 2. The number of carbonyl (C=O) groups is 4. The lowest BCUT2D eigenvalue weighted by molar-refractivity contribution is -0.136. The van der Waals surface area contributed by atoms with E-state index in [9.17, 15) is 24.0 Å². The number of alkyl carbamates (subject to hydrolysis) is 1. The number of nitrogens with one attached hydrogen (secondary N) is 5. The Hall–Kier alpha value is -7.81. The maximum Gasteiger partial charge on any atom is 0.407 e. The molecule has 0 radical (unpaired) electrons. The molecule has 3 aromatic heterocycles. The van der Waals surface area contributed by atoms with E-state index in [4.69, 9.17) is 4.74 Å². The first-order valence-corrected chi connectivity index (χ1v) is 20.9. The average Bonchev–Trinajstić information content (AvgIpc) is 4.18. The van der Waals surface area contributed by atoms with E-state index in [1.807, 2.05) is 91.0 Å². The number of methoxy groups -OCH3 is 1. The highest BCUT2D eigenvalue weighted by Gasteiger charge is 2.38. The van der Waals surface area contributed by atoms with Gasteiger partial charge in [0, 0.05) is 41.3 Å².